The van der Waals surface area contributed by atoms with E-state index in [9.17, 15) is 4.79 Å². The highest BCUT2D eigenvalue weighted by Gasteiger charge is 2.38. The van der Waals surface area contributed by atoms with Crippen molar-refractivity contribution >= 4 is 47.6 Å². The zero-order chi connectivity index (χ0) is 37.2. The Kier molecular flexibility index (Phi) is 11.6. The first-order chi connectivity index (χ1) is 24.8. The van der Waals surface area contributed by atoms with Crippen molar-refractivity contribution in [2.45, 2.75) is 97.5 Å². The van der Waals surface area contributed by atoms with Crippen molar-refractivity contribution in [3.63, 3.8) is 0 Å². The van der Waals surface area contributed by atoms with Gasteiger partial charge in [0.05, 0.1) is 29.4 Å². The molecule has 3 heterocycles. The highest BCUT2D eigenvalue weighted by molar-refractivity contribution is 6.74. The molecule has 0 spiro atoms. The standard InChI is InChI=1S/C42H54ClN3O5Si/c1-9-48-41(47)40-31(19-15-26-49-34-20-14-17-29-16-10-11-18-30(29)34)32-21-22-33(43)37-36-28(2)45(6)44-38(36)35(23-27-51-52(7,8)42(3,4)5)50-25-13-12-24-46(40)39(32)37/h10-11,14,16-18,20-22,35H,9,12-13,15,19,23-27H2,1-8H3. The lowest BCUT2D eigenvalue weighted by atomic mass is 9.96. The number of esters is 1. The summed E-state index contributed by atoms with van der Waals surface area (Å²) in [6, 6.07) is 18.4. The summed E-state index contributed by atoms with van der Waals surface area (Å²) in [5.74, 6) is 0.543. The average molecular weight is 744 g/mol. The highest BCUT2D eigenvalue weighted by atomic mass is 35.5. The van der Waals surface area contributed by atoms with E-state index >= 15 is 0 Å². The molecule has 0 amide bonds. The molecule has 3 aromatic carbocycles. The Bertz CT molecular complexity index is 2060. The third kappa shape index (κ3) is 7.56. The van der Waals surface area contributed by atoms with Gasteiger partial charge in [-0.15, -0.1) is 0 Å². The Labute approximate surface area is 314 Å². The average Bonchev–Trinajstić information content (AvgIpc) is 3.56. The Morgan fingerprint density at radius 2 is 1.79 bits per heavy atom. The maximum atomic E-state index is 13.9. The molecule has 1 atom stereocenters. The first kappa shape index (κ1) is 38.1. The molecule has 8 nitrogen and oxygen atoms in total. The zero-order valence-electron chi connectivity index (χ0n) is 32.1. The molecule has 0 aliphatic carbocycles. The number of nitrogens with zero attached hydrogens (tertiary/aromatic N) is 3. The largest absolute Gasteiger partial charge is 0.493 e. The number of hydrogen-bond donors (Lipinski definition) is 0. The SMILES string of the molecule is CCOC(=O)c1c(CCCOc2cccc3ccccc23)c2ccc(Cl)c3c2n1CCCCOC(CCO[Si](C)(C)C(C)(C)C)c1nn(C)c(C)c1-3. The van der Waals surface area contributed by atoms with Gasteiger partial charge < -0.3 is 23.2 Å². The Morgan fingerprint density at radius 3 is 2.56 bits per heavy atom. The van der Waals surface area contributed by atoms with Crippen LogP contribution in [-0.4, -0.2) is 55.1 Å². The predicted octanol–water partition coefficient (Wildman–Crippen LogP) is 10.6. The summed E-state index contributed by atoms with van der Waals surface area (Å²) in [6.45, 7) is 17.9. The number of halogens is 1. The van der Waals surface area contributed by atoms with Gasteiger partial charge in [0.1, 0.15) is 17.5 Å². The van der Waals surface area contributed by atoms with E-state index in [2.05, 4.69) is 69.6 Å². The minimum atomic E-state index is -1.96. The first-order valence-corrected chi connectivity index (χ1v) is 22.0. The first-order valence-electron chi connectivity index (χ1n) is 18.7. The van der Waals surface area contributed by atoms with Crippen LogP contribution in [0.5, 0.6) is 5.75 Å². The summed E-state index contributed by atoms with van der Waals surface area (Å²) < 4.78 is 29.5. The second-order valence-electron chi connectivity index (χ2n) is 15.4. The highest BCUT2D eigenvalue weighted by Crippen LogP contribution is 2.45. The van der Waals surface area contributed by atoms with Crippen LogP contribution in [0.4, 0.5) is 0 Å². The van der Waals surface area contributed by atoms with Gasteiger partial charge in [0, 0.05) is 60.8 Å². The Balaban J connectivity index is 1.42. The fraction of sp³-hybridized carbons (Fsp3) is 0.476. The van der Waals surface area contributed by atoms with Gasteiger partial charge in [0.15, 0.2) is 8.32 Å². The van der Waals surface area contributed by atoms with E-state index in [-0.39, 0.29) is 23.7 Å². The number of carbonyl (C=O) groups is 1. The number of ether oxygens (including phenoxy) is 3. The van der Waals surface area contributed by atoms with Gasteiger partial charge in [-0.3, -0.25) is 4.68 Å². The van der Waals surface area contributed by atoms with Crippen LogP contribution < -0.4 is 4.74 Å². The summed E-state index contributed by atoms with van der Waals surface area (Å²) in [6.07, 6.45) is 3.41. The number of aromatic nitrogens is 3. The van der Waals surface area contributed by atoms with E-state index in [1.54, 1.807) is 0 Å². The maximum Gasteiger partial charge on any atom is 0.355 e. The second kappa shape index (κ2) is 15.8. The van der Waals surface area contributed by atoms with Crippen LogP contribution >= 0.6 is 11.6 Å². The lowest BCUT2D eigenvalue weighted by molar-refractivity contribution is 0.0307. The van der Waals surface area contributed by atoms with Crippen LogP contribution in [-0.2, 0) is 33.9 Å². The van der Waals surface area contributed by atoms with Gasteiger partial charge in [0.2, 0.25) is 0 Å². The number of carbonyl (C=O) groups excluding carboxylic acids is 1. The molecule has 1 unspecified atom stereocenters. The topological polar surface area (TPSA) is 76.7 Å². The molecule has 6 rings (SSSR count). The van der Waals surface area contributed by atoms with Crippen LogP contribution in [0.3, 0.4) is 0 Å². The third-order valence-corrected chi connectivity index (χ3v) is 15.8. The smallest absolute Gasteiger partial charge is 0.355 e. The van der Waals surface area contributed by atoms with Crippen molar-refractivity contribution < 1.29 is 23.4 Å². The van der Waals surface area contributed by atoms with Gasteiger partial charge in [-0.05, 0) is 80.7 Å². The second-order valence-corrected chi connectivity index (χ2v) is 20.6. The minimum Gasteiger partial charge on any atom is -0.493 e. The molecule has 0 N–H and O–H groups in total. The van der Waals surface area contributed by atoms with Gasteiger partial charge in [0.25, 0.3) is 0 Å². The molecular formula is C42H54ClN3O5Si. The van der Waals surface area contributed by atoms with Crippen LogP contribution in [0.1, 0.15) is 86.9 Å². The van der Waals surface area contributed by atoms with E-state index in [1.165, 1.54) is 0 Å². The summed E-state index contributed by atoms with van der Waals surface area (Å²) in [4.78, 5) is 13.9. The molecule has 0 fully saturated rings. The van der Waals surface area contributed by atoms with Gasteiger partial charge in [-0.25, -0.2) is 4.79 Å². The number of hydrogen-bond acceptors (Lipinski definition) is 6. The van der Waals surface area contributed by atoms with Gasteiger partial charge >= 0.3 is 5.97 Å². The molecule has 2 aromatic heterocycles. The normalized spacial score (nSPS) is 15.4. The van der Waals surface area contributed by atoms with Crippen molar-refractivity contribution in [1.29, 1.82) is 0 Å². The molecule has 10 heteroatoms. The molecular weight excluding hydrogens is 690 g/mol. The molecule has 0 radical (unpaired) electrons. The molecule has 278 valence electrons. The molecule has 0 saturated carbocycles. The molecule has 52 heavy (non-hydrogen) atoms. The fourth-order valence-corrected chi connectivity index (χ4v) is 8.40. The molecule has 0 saturated heterocycles. The summed E-state index contributed by atoms with van der Waals surface area (Å²) >= 11 is 7.24. The van der Waals surface area contributed by atoms with E-state index < -0.39 is 8.32 Å². The third-order valence-electron chi connectivity index (χ3n) is 11.0. The molecule has 0 bridgehead atoms. The molecule has 1 aliphatic rings. The Hall–Kier alpha value is -3.63. The summed E-state index contributed by atoms with van der Waals surface area (Å²) in [5.41, 5.74) is 6.16. The maximum absolute atomic E-state index is 13.9. The van der Waals surface area contributed by atoms with Gasteiger partial charge in [-0.2, -0.15) is 5.10 Å². The number of aryl methyl sites for hydroxylation is 3. The van der Waals surface area contributed by atoms with Crippen molar-refractivity contribution in [1.82, 2.24) is 14.3 Å². The minimum absolute atomic E-state index is 0.111. The van der Waals surface area contributed by atoms with E-state index in [1.807, 2.05) is 49.0 Å². The van der Waals surface area contributed by atoms with Crippen LogP contribution in [0, 0.1) is 6.92 Å². The summed E-state index contributed by atoms with van der Waals surface area (Å²) in [7, 11) is 0.0118. The van der Waals surface area contributed by atoms with E-state index in [0.29, 0.717) is 56.3 Å². The van der Waals surface area contributed by atoms with Crippen molar-refractivity contribution in [2.75, 3.05) is 26.4 Å². The lowest BCUT2D eigenvalue weighted by Crippen LogP contribution is -2.41. The number of rotatable bonds is 11. The molecule has 5 aromatic rings. The van der Waals surface area contributed by atoms with E-state index in [4.69, 9.17) is 35.3 Å². The predicted molar refractivity (Wildman–Crippen MR) is 213 cm³/mol. The number of fused-ring (bicyclic) bond motifs is 3. The van der Waals surface area contributed by atoms with Crippen LogP contribution in [0.15, 0.2) is 54.6 Å². The zero-order valence-corrected chi connectivity index (χ0v) is 33.9. The summed E-state index contributed by atoms with van der Waals surface area (Å²) in [5, 5.41) is 9.03. The monoisotopic (exact) mass is 743 g/mol. The van der Waals surface area contributed by atoms with E-state index in [0.717, 1.165) is 68.3 Å². The van der Waals surface area contributed by atoms with Crippen LogP contribution in [0.25, 0.3) is 32.8 Å². The van der Waals surface area contributed by atoms with Gasteiger partial charge in [-0.1, -0.05) is 74.8 Å². The van der Waals surface area contributed by atoms with Crippen LogP contribution in [0.2, 0.25) is 23.2 Å². The quantitative estimate of drug-likeness (QED) is 0.0762. The Morgan fingerprint density at radius 1 is 1.02 bits per heavy atom. The molecule has 1 aliphatic heterocycles. The van der Waals surface area contributed by atoms with Crippen molar-refractivity contribution in [2.24, 2.45) is 7.05 Å². The number of benzene rings is 3. The van der Waals surface area contributed by atoms with Crippen molar-refractivity contribution in [3.8, 4) is 16.9 Å². The lowest BCUT2D eigenvalue weighted by Gasteiger charge is -2.36. The van der Waals surface area contributed by atoms with Crippen molar-refractivity contribution in [3.05, 3.63) is 82.3 Å². The fourth-order valence-electron chi connectivity index (χ4n) is 7.09.